The molecule has 0 saturated carbocycles. The summed E-state index contributed by atoms with van der Waals surface area (Å²) in [5.74, 6) is 1.12. The molecule has 1 aromatic carbocycles. The van der Waals surface area contributed by atoms with Crippen LogP contribution in [0.5, 0.6) is 5.75 Å². The molecule has 0 atom stereocenters. The van der Waals surface area contributed by atoms with Crippen molar-refractivity contribution in [1.29, 1.82) is 0 Å². The van der Waals surface area contributed by atoms with Crippen LogP contribution in [0.1, 0.15) is 24.5 Å². The van der Waals surface area contributed by atoms with Gasteiger partial charge in [-0.05, 0) is 49.5 Å². The lowest BCUT2D eigenvalue weighted by Gasteiger charge is -2.18. The van der Waals surface area contributed by atoms with E-state index in [-0.39, 0.29) is 0 Å². The molecule has 0 bridgehead atoms. The van der Waals surface area contributed by atoms with Crippen molar-refractivity contribution in [3.63, 3.8) is 0 Å². The Balaban J connectivity index is 1.99. The van der Waals surface area contributed by atoms with E-state index in [4.69, 9.17) is 4.74 Å². The number of aryl methyl sites for hydroxylation is 1. The molecule has 0 radical (unpaired) electrons. The van der Waals surface area contributed by atoms with Crippen LogP contribution in [0.2, 0.25) is 0 Å². The van der Waals surface area contributed by atoms with E-state index in [1.807, 2.05) is 0 Å². The van der Waals surface area contributed by atoms with Gasteiger partial charge in [0.05, 0.1) is 6.61 Å². The Bertz CT molecular complexity index is 545. The molecule has 0 unspecified atom stereocenters. The van der Waals surface area contributed by atoms with Gasteiger partial charge < -0.3 is 15.0 Å². The molecule has 18 heavy (non-hydrogen) atoms. The van der Waals surface area contributed by atoms with Gasteiger partial charge in [0.15, 0.2) is 0 Å². The number of hydrogen-bond donors (Lipinski definition) is 2. The molecular weight excluding hydrogens is 224 g/mol. The Labute approximate surface area is 108 Å². The second kappa shape index (κ2) is 5.02. The second-order valence-corrected chi connectivity index (χ2v) is 4.85. The van der Waals surface area contributed by atoms with Crippen LogP contribution < -0.4 is 10.1 Å². The Morgan fingerprint density at radius 1 is 1.39 bits per heavy atom. The number of ether oxygens (including phenoxy) is 1. The molecule has 0 fully saturated rings. The summed E-state index contributed by atoms with van der Waals surface area (Å²) in [6, 6.07) is 4.38. The SMILES string of the molecule is CCNCCc1c[nH]c2ccc3c(c12)OCCC3. The zero-order valence-electron chi connectivity index (χ0n) is 10.9. The number of fused-ring (bicyclic) bond motifs is 3. The van der Waals surface area contributed by atoms with Crippen molar-refractivity contribution in [1.82, 2.24) is 10.3 Å². The molecule has 1 aromatic heterocycles. The minimum absolute atomic E-state index is 0.851. The molecule has 2 aromatic rings. The Morgan fingerprint density at radius 2 is 2.33 bits per heavy atom. The fraction of sp³-hybridized carbons (Fsp3) is 0.467. The third-order valence-corrected chi connectivity index (χ3v) is 3.62. The van der Waals surface area contributed by atoms with Crippen LogP contribution in [-0.4, -0.2) is 24.7 Å². The number of nitrogens with one attached hydrogen (secondary N) is 2. The molecule has 96 valence electrons. The zero-order chi connectivity index (χ0) is 12.4. The number of hydrogen-bond acceptors (Lipinski definition) is 2. The number of rotatable bonds is 4. The average molecular weight is 244 g/mol. The Kier molecular flexibility index (Phi) is 3.24. The van der Waals surface area contributed by atoms with Gasteiger partial charge in [0, 0.05) is 17.1 Å². The molecule has 0 saturated heterocycles. The highest BCUT2D eigenvalue weighted by atomic mass is 16.5. The maximum Gasteiger partial charge on any atom is 0.132 e. The van der Waals surface area contributed by atoms with Gasteiger partial charge in [-0.15, -0.1) is 0 Å². The highest BCUT2D eigenvalue weighted by Crippen LogP contribution is 2.35. The van der Waals surface area contributed by atoms with Crippen LogP contribution in [0.4, 0.5) is 0 Å². The molecule has 0 spiro atoms. The van der Waals surface area contributed by atoms with E-state index >= 15 is 0 Å². The standard InChI is InChI=1S/C15H20N2O/c1-2-16-8-7-12-10-17-13-6-5-11-4-3-9-18-15(11)14(12)13/h5-6,10,16-17H,2-4,7-9H2,1H3. The molecule has 2 heterocycles. The van der Waals surface area contributed by atoms with Gasteiger partial charge in [0.2, 0.25) is 0 Å². The van der Waals surface area contributed by atoms with E-state index in [9.17, 15) is 0 Å². The number of aromatic nitrogens is 1. The van der Waals surface area contributed by atoms with Crippen LogP contribution in [0.15, 0.2) is 18.3 Å². The predicted octanol–water partition coefficient (Wildman–Crippen LogP) is 2.64. The maximum absolute atomic E-state index is 5.90. The quantitative estimate of drug-likeness (QED) is 0.811. The van der Waals surface area contributed by atoms with Crippen LogP contribution in [-0.2, 0) is 12.8 Å². The lowest BCUT2D eigenvalue weighted by molar-refractivity contribution is 0.292. The fourth-order valence-electron chi connectivity index (χ4n) is 2.70. The molecule has 0 aliphatic carbocycles. The largest absolute Gasteiger partial charge is 0.493 e. The van der Waals surface area contributed by atoms with Crippen LogP contribution in [0.3, 0.4) is 0 Å². The normalized spacial score (nSPS) is 14.5. The summed E-state index contributed by atoms with van der Waals surface area (Å²) in [7, 11) is 0. The number of likely N-dealkylation sites (N-methyl/N-ethyl adjacent to an activating group) is 1. The zero-order valence-corrected chi connectivity index (χ0v) is 10.9. The summed E-state index contributed by atoms with van der Waals surface area (Å²) in [6.45, 7) is 5.04. The van der Waals surface area contributed by atoms with E-state index in [0.717, 1.165) is 44.7 Å². The van der Waals surface area contributed by atoms with E-state index < -0.39 is 0 Å². The minimum Gasteiger partial charge on any atom is -0.493 e. The van der Waals surface area contributed by atoms with Crippen LogP contribution >= 0.6 is 0 Å². The van der Waals surface area contributed by atoms with E-state index in [1.165, 1.54) is 22.0 Å². The van der Waals surface area contributed by atoms with Crippen molar-refractivity contribution in [2.45, 2.75) is 26.2 Å². The van der Waals surface area contributed by atoms with Crippen LogP contribution in [0, 0.1) is 0 Å². The van der Waals surface area contributed by atoms with Gasteiger partial charge in [-0.3, -0.25) is 0 Å². The maximum atomic E-state index is 5.90. The fourth-order valence-corrected chi connectivity index (χ4v) is 2.70. The molecule has 3 nitrogen and oxygen atoms in total. The van der Waals surface area contributed by atoms with Crippen molar-refractivity contribution in [2.24, 2.45) is 0 Å². The molecule has 0 amide bonds. The van der Waals surface area contributed by atoms with Gasteiger partial charge in [-0.2, -0.15) is 0 Å². The predicted molar refractivity (Wildman–Crippen MR) is 74.4 cm³/mol. The molecule has 3 rings (SSSR count). The van der Waals surface area contributed by atoms with E-state index in [0.29, 0.717) is 0 Å². The van der Waals surface area contributed by atoms with Gasteiger partial charge in [-0.1, -0.05) is 13.0 Å². The summed E-state index contributed by atoms with van der Waals surface area (Å²) in [5.41, 5.74) is 3.92. The van der Waals surface area contributed by atoms with Gasteiger partial charge >= 0.3 is 0 Å². The third kappa shape index (κ3) is 1.99. The first-order valence-electron chi connectivity index (χ1n) is 6.85. The third-order valence-electron chi connectivity index (χ3n) is 3.62. The smallest absolute Gasteiger partial charge is 0.132 e. The van der Waals surface area contributed by atoms with Crippen molar-refractivity contribution < 1.29 is 4.74 Å². The lowest BCUT2D eigenvalue weighted by Crippen LogP contribution is -2.16. The van der Waals surface area contributed by atoms with Crippen molar-refractivity contribution in [3.05, 3.63) is 29.5 Å². The average Bonchev–Trinajstić information content (AvgIpc) is 2.83. The first kappa shape index (κ1) is 11.6. The summed E-state index contributed by atoms with van der Waals surface area (Å²) >= 11 is 0. The Hall–Kier alpha value is -1.48. The molecule has 2 N–H and O–H groups in total. The van der Waals surface area contributed by atoms with Crippen molar-refractivity contribution in [2.75, 3.05) is 19.7 Å². The summed E-state index contributed by atoms with van der Waals surface area (Å²) in [4.78, 5) is 3.36. The number of H-pyrrole nitrogens is 1. The molecular formula is C15H20N2O. The van der Waals surface area contributed by atoms with Gasteiger partial charge in [-0.25, -0.2) is 0 Å². The van der Waals surface area contributed by atoms with Gasteiger partial charge in [0.1, 0.15) is 5.75 Å². The molecule has 1 aliphatic heterocycles. The minimum atomic E-state index is 0.851. The van der Waals surface area contributed by atoms with E-state index in [1.54, 1.807) is 0 Å². The number of aromatic amines is 1. The highest BCUT2D eigenvalue weighted by Gasteiger charge is 2.16. The van der Waals surface area contributed by atoms with Crippen molar-refractivity contribution in [3.8, 4) is 5.75 Å². The monoisotopic (exact) mass is 244 g/mol. The van der Waals surface area contributed by atoms with E-state index in [2.05, 4.69) is 35.6 Å². The summed E-state index contributed by atoms with van der Waals surface area (Å²) < 4.78 is 5.90. The molecule has 1 aliphatic rings. The first-order valence-corrected chi connectivity index (χ1v) is 6.85. The van der Waals surface area contributed by atoms with Gasteiger partial charge in [0.25, 0.3) is 0 Å². The first-order chi connectivity index (χ1) is 8.90. The highest BCUT2D eigenvalue weighted by molar-refractivity contribution is 5.90. The summed E-state index contributed by atoms with van der Waals surface area (Å²) in [6.07, 6.45) is 5.45. The topological polar surface area (TPSA) is 37.0 Å². The molecule has 3 heteroatoms. The van der Waals surface area contributed by atoms with Crippen LogP contribution in [0.25, 0.3) is 10.9 Å². The lowest BCUT2D eigenvalue weighted by atomic mass is 10.0. The summed E-state index contributed by atoms with van der Waals surface area (Å²) in [5, 5.41) is 4.67. The number of benzene rings is 1. The van der Waals surface area contributed by atoms with Crippen molar-refractivity contribution >= 4 is 10.9 Å². The Morgan fingerprint density at radius 3 is 3.22 bits per heavy atom. The second-order valence-electron chi connectivity index (χ2n) is 4.85.